The Kier molecular flexibility index (Phi) is 6.06. The van der Waals surface area contributed by atoms with E-state index in [1.807, 2.05) is 13.0 Å². The van der Waals surface area contributed by atoms with Crippen molar-refractivity contribution in [1.82, 2.24) is 5.32 Å². The van der Waals surface area contributed by atoms with Crippen LogP contribution in [0.1, 0.15) is 37.6 Å². The molecule has 1 N–H and O–H groups in total. The minimum atomic E-state index is -0.405. The maximum Gasteiger partial charge on any atom is 0.325 e. The zero-order valence-corrected chi connectivity index (χ0v) is 11.7. The largest absolute Gasteiger partial charge is 0.461 e. The molecule has 0 aliphatic rings. The number of amides is 1. The Hall–Kier alpha value is -1.84. The van der Waals surface area contributed by atoms with Gasteiger partial charge in [-0.1, -0.05) is 32.0 Å². The minimum absolute atomic E-state index is 0.101. The molecule has 1 rings (SSSR count). The van der Waals surface area contributed by atoms with Gasteiger partial charge in [-0.3, -0.25) is 9.59 Å². The first kappa shape index (κ1) is 15.2. The fraction of sp³-hybridized carbons (Fsp3) is 0.467. The Balaban J connectivity index is 2.32. The van der Waals surface area contributed by atoms with E-state index in [0.717, 1.165) is 6.42 Å². The first-order chi connectivity index (χ1) is 8.99. The molecular formula is C15H21NO3. The smallest absolute Gasteiger partial charge is 0.325 e. The molecule has 1 atom stereocenters. The highest BCUT2D eigenvalue weighted by atomic mass is 16.5. The molecule has 19 heavy (non-hydrogen) atoms. The van der Waals surface area contributed by atoms with Crippen LogP contribution in [0.4, 0.5) is 0 Å². The van der Waals surface area contributed by atoms with Crippen LogP contribution in [0.25, 0.3) is 0 Å². The molecule has 0 spiro atoms. The average molecular weight is 263 g/mol. The van der Waals surface area contributed by atoms with Gasteiger partial charge in [0.15, 0.2) is 0 Å². The summed E-state index contributed by atoms with van der Waals surface area (Å²) >= 11 is 0. The molecule has 4 nitrogen and oxygen atoms in total. The summed E-state index contributed by atoms with van der Waals surface area (Å²) in [5.41, 5.74) is 0.533. The van der Waals surface area contributed by atoms with Gasteiger partial charge in [-0.25, -0.2) is 0 Å². The molecular weight excluding hydrogens is 242 g/mol. The molecule has 0 radical (unpaired) electrons. The fourth-order valence-electron chi connectivity index (χ4n) is 1.82. The highest BCUT2D eigenvalue weighted by Gasteiger charge is 2.12. The van der Waals surface area contributed by atoms with E-state index in [1.165, 1.54) is 0 Å². The van der Waals surface area contributed by atoms with Crippen molar-refractivity contribution >= 4 is 11.9 Å². The Morgan fingerprint density at radius 1 is 1.16 bits per heavy atom. The molecule has 0 heterocycles. The van der Waals surface area contributed by atoms with Crippen molar-refractivity contribution in [1.29, 1.82) is 0 Å². The monoisotopic (exact) mass is 263 g/mol. The van der Waals surface area contributed by atoms with Gasteiger partial charge < -0.3 is 10.1 Å². The molecule has 0 saturated heterocycles. The van der Waals surface area contributed by atoms with E-state index in [9.17, 15) is 9.59 Å². The van der Waals surface area contributed by atoms with Gasteiger partial charge in [0.25, 0.3) is 5.91 Å². The van der Waals surface area contributed by atoms with Gasteiger partial charge in [0.2, 0.25) is 0 Å². The average Bonchev–Trinajstić information content (AvgIpc) is 2.36. The number of carbonyl (C=O) groups excluding carboxylic acids is 2. The van der Waals surface area contributed by atoms with Crippen LogP contribution in [0.15, 0.2) is 30.3 Å². The lowest BCUT2D eigenvalue weighted by molar-refractivity contribution is -0.147. The molecule has 0 aromatic heterocycles. The molecule has 4 heteroatoms. The summed E-state index contributed by atoms with van der Waals surface area (Å²) in [7, 11) is 0. The van der Waals surface area contributed by atoms with Gasteiger partial charge in [-0.2, -0.15) is 0 Å². The predicted molar refractivity (Wildman–Crippen MR) is 73.8 cm³/mol. The minimum Gasteiger partial charge on any atom is -0.461 e. The van der Waals surface area contributed by atoms with Gasteiger partial charge >= 0.3 is 5.97 Å². The van der Waals surface area contributed by atoms with Crippen molar-refractivity contribution < 1.29 is 14.3 Å². The Bertz CT molecular complexity index is 415. The Morgan fingerprint density at radius 3 is 2.37 bits per heavy atom. The topological polar surface area (TPSA) is 55.4 Å². The second-order valence-electron chi connectivity index (χ2n) is 4.98. The Labute approximate surface area is 114 Å². The number of ether oxygens (including phenoxy) is 1. The molecule has 104 valence electrons. The highest BCUT2D eigenvalue weighted by Crippen LogP contribution is 2.07. The zero-order chi connectivity index (χ0) is 14.3. The van der Waals surface area contributed by atoms with Crippen LogP contribution in [0, 0.1) is 5.92 Å². The van der Waals surface area contributed by atoms with E-state index >= 15 is 0 Å². The zero-order valence-electron chi connectivity index (χ0n) is 11.7. The van der Waals surface area contributed by atoms with Crippen molar-refractivity contribution in [2.45, 2.75) is 33.3 Å². The first-order valence-corrected chi connectivity index (χ1v) is 6.51. The van der Waals surface area contributed by atoms with Crippen LogP contribution in [0.2, 0.25) is 0 Å². The standard InChI is InChI=1S/C15H21NO3/c1-11(2)9-12(3)19-14(17)10-16-15(18)13-7-5-4-6-8-13/h4-8,11-12H,9-10H2,1-3H3,(H,16,18). The molecule has 0 saturated carbocycles. The summed E-state index contributed by atoms with van der Waals surface area (Å²) in [6.07, 6.45) is 0.694. The van der Waals surface area contributed by atoms with Crippen LogP contribution in [0.5, 0.6) is 0 Å². The lowest BCUT2D eigenvalue weighted by Gasteiger charge is -2.15. The van der Waals surface area contributed by atoms with Crippen molar-refractivity contribution in [2.75, 3.05) is 6.54 Å². The van der Waals surface area contributed by atoms with E-state index in [1.54, 1.807) is 24.3 Å². The predicted octanol–water partition coefficient (Wildman–Crippen LogP) is 2.39. The number of esters is 1. The third-order valence-electron chi connectivity index (χ3n) is 2.57. The van der Waals surface area contributed by atoms with Crippen LogP contribution in [-0.4, -0.2) is 24.5 Å². The van der Waals surface area contributed by atoms with Gasteiger partial charge in [0.1, 0.15) is 6.54 Å². The highest BCUT2D eigenvalue weighted by molar-refractivity contribution is 5.95. The van der Waals surface area contributed by atoms with Crippen LogP contribution >= 0.6 is 0 Å². The summed E-state index contributed by atoms with van der Waals surface area (Å²) in [6, 6.07) is 8.78. The quantitative estimate of drug-likeness (QED) is 0.802. The SMILES string of the molecule is CC(C)CC(C)OC(=O)CNC(=O)c1ccccc1. The molecule has 1 aromatic rings. The number of carbonyl (C=O) groups is 2. The van der Waals surface area contributed by atoms with E-state index in [4.69, 9.17) is 4.74 Å². The third kappa shape index (κ3) is 6.04. The summed E-state index contributed by atoms with van der Waals surface area (Å²) in [4.78, 5) is 23.2. The molecule has 0 fully saturated rings. The van der Waals surface area contributed by atoms with Gasteiger partial charge in [-0.05, 0) is 31.4 Å². The van der Waals surface area contributed by atoms with E-state index in [2.05, 4.69) is 19.2 Å². The first-order valence-electron chi connectivity index (χ1n) is 6.51. The molecule has 1 amide bonds. The van der Waals surface area contributed by atoms with Crippen molar-refractivity contribution in [3.05, 3.63) is 35.9 Å². The van der Waals surface area contributed by atoms with Crippen LogP contribution in [-0.2, 0) is 9.53 Å². The normalized spacial score (nSPS) is 12.0. The summed E-state index contributed by atoms with van der Waals surface area (Å²) < 4.78 is 5.19. The third-order valence-corrected chi connectivity index (χ3v) is 2.57. The fourth-order valence-corrected chi connectivity index (χ4v) is 1.82. The second-order valence-corrected chi connectivity index (χ2v) is 4.98. The molecule has 0 aliphatic carbocycles. The summed E-state index contributed by atoms with van der Waals surface area (Å²) in [6.45, 7) is 5.90. The molecule has 0 aliphatic heterocycles. The number of nitrogens with one attached hydrogen (secondary N) is 1. The van der Waals surface area contributed by atoms with E-state index < -0.39 is 5.97 Å². The van der Waals surface area contributed by atoms with E-state index in [-0.39, 0.29) is 18.6 Å². The van der Waals surface area contributed by atoms with Crippen molar-refractivity contribution in [3.8, 4) is 0 Å². The lowest BCUT2D eigenvalue weighted by Crippen LogP contribution is -2.32. The molecule has 1 unspecified atom stereocenters. The maximum atomic E-state index is 11.7. The van der Waals surface area contributed by atoms with Gasteiger partial charge in [0, 0.05) is 5.56 Å². The Morgan fingerprint density at radius 2 is 1.79 bits per heavy atom. The summed E-state index contributed by atoms with van der Waals surface area (Å²) in [5.74, 6) is -0.201. The van der Waals surface area contributed by atoms with Crippen LogP contribution < -0.4 is 5.32 Å². The number of hydrogen-bond acceptors (Lipinski definition) is 3. The van der Waals surface area contributed by atoms with Gasteiger partial charge in [-0.15, -0.1) is 0 Å². The van der Waals surface area contributed by atoms with Crippen LogP contribution in [0.3, 0.4) is 0 Å². The maximum absolute atomic E-state index is 11.7. The molecule has 0 bridgehead atoms. The van der Waals surface area contributed by atoms with Crippen molar-refractivity contribution in [3.63, 3.8) is 0 Å². The second kappa shape index (κ2) is 7.56. The molecule has 1 aromatic carbocycles. The van der Waals surface area contributed by atoms with E-state index in [0.29, 0.717) is 11.5 Å². The number of hydrogen-bond donors (Lipinski definition) is 1. The number of rotatable bonds is 6. The lowest BCUT2D eigenvalue weighted by atomic mass is 10.1. The number of benzene rings is 1. The van der Waals surface area contributed by atoms with Crippen molar-refractivity contribution in [2.24, 2.45) is 5.92 Å². The van der Waals surface area contributed by atoms with Gasteiger partial charge in [0.05, 0.1) is 6.10 Å². The summed E-state index contributed by atoms with van der Waals surface area (Å²) in [5, 5.41) is 2.54.